The molecule has 10 heteroatoms. The van der Waals surface area contributed by atoms with E-state index in [0.717, 1.165) is 6.07 Å². The fourth-order valence-electron chi connectivity index (χ4n) is 3.86. The van der Waals surface area contributed by atoms with E-state index in [9.17, 15) is 22.8 Å². The smallest absolute Gasteiger partial charge is 0.338 e. The molecule has 3 aromatic rings. The van der Waals surface area contributed by atoms with Crippen LogP contribution in [0.1, 0.15) is 33.2 Å². The lowest BCUT2D eigenvalue weighted by molar-refractivity contribution is -0.123. The molecule has 0 saturated heterocycles. The van der Waals surface area contributed by atoms with Gasteiger partial charge in [-0.25, -0.2) is 13.2 Å². The van der Waals surface area contributed by atoms with Gasteiger partial charge in [0.15, 0.2) is 23.4 Å². The van der Waals surface area contributed by atoms with Crippen molar-refractivity contribution < 1.29 is 37.0 Å². The number of esters is 1. The SMILES string of the molecule is C[C@@H](OC(=O)c1ccc2c(c1)S(=O)(=O)c1ccccc1C2=O)C(=O)Nc1ccc2c(c1)OCCO2. The van der Waals surface area contributed by atoms with Crippen molar-refractivity contribution in [1.29, 1.82) is 0 Å². The topological polar surface area (TPSA) is 125 Å². The minimum absolute atomic E-state index is 0.0235. The number of hydrogen-bond donors (Lipinski definition) is 1. The molecule has 2 aliphatic heterocycles. The Morgan fingerprint density at radius 2 is 1.63 bits per heavy atom. The average Bonchev–Trinajstić information content (AvgIpc) is 2.87. The number of ketones is 1. The Balaban J connectivity index is 1.33. The number of rotatable bonds is 4. The van der Waals surface area contributed by atoms with Crippen LogP contribution in [0.15, 0.2) is 70.5 Å². The Bertz CT molecular complexity index is 1500. The van der Waals surface area contributed by atoms with Crippen molar-refractivity contribution in [2.75, 3.05) is 18.5 Å². The largest absolute Gasteiger partial charge is 0.486 e. The van der Waals surface area contributed by atoms with E-state index in [2.05, 4.69) is 5.32 Å². The normalized spacial score (nSPS) is 15.9. The number of carbonyl (C=O) groups is 3. The fraction of sp³-hybridized carbons (Fsp3) is 0.160. The molecule has 1 N–H and O–H groups in total. The Hall–Kier alpha value is -4.18. The standard InChI is InChI=1S/C25H19NO8S/c1-14(24(28)26-16-7-9-19-20(13-16)33-11-10-32-19)34-25(29)15-6-8-18-22(12-15)35(30,31)21-5-3-2-4-17(21)23(18)27/h2-9,12-14H,10-11H2,1H3,(H,26,28)/t14-/m1/s1. The maximum atomic E-state index is 13.1. The van der Waals surface area contributed by atoms with Gasteiger partial charge in [-0.15, -0.1) is 0 Å². The van der Waals surface area contributed by atoms with E-state index in [1.54, 1.807) is 24.3 Å². The molecule has 0 radical (unpaired) electrons. The lowest BCUT2D eigenvalue weighted by Crippen LogP contribution is -2.30. The zero-order chi connectivity index (χ0) is 24.7. The van der Waals surface area contributed by atoms with E-state index < -0.39 is 33.6 Å². The number of sulfone groups is 1. The number of carbonyl (C=O) groups excluding carboxylic acids is 3. The zero-order valence-electron chi connectivity index (χ0n) is 18.4. The van der Waals surface area contributed by atoms with E-state index in [1.807, 2.05) is 0 Å². The van der Waals surface area contributed by atoms with Crippen LogP contribution in [0.4, 0.5) is 5.69 Å². The number of nitrogens with one attached hydrogen (secondary N) is 1. The molecular formula is C25H19NO8S. The Kier molecular flexibility index (Phi) is 5.52. The lowest BCUT2D eigenvalue weighted by Gasteiger charge is -2.20. The van der Waals surface area contributed by atoms with Gasteiger partial charge in [0.1, 0.15) is 13.2 Å². The van der Waals surface area contributed by atoms with Gasteiger partial charge < -0.3 is 19.5 Å². The summed E-state index contributed by atoms with van der Waals surface area (Å²) in [6, 6.07) is 14.5. The van der Waals surface area contributed by atoms with Crippen LogP contribution in [-0.4, -0.2) is 45.4 Å². The Morgan fingerprint density at radius 3 is 2.43 bits per heavy atom. The highest BCUT2D eigenvalue weighted by Gasteiger charge is 2.35. The minimum Gasteiger partial charge on any atom is -0.486 e. The molecule has 0 spiro atoms. The van der Waals surface area contributed by atoms with Gasteiger partial charge in [0.05, 0.1) is 15.4 Å². The third kappa shape index (κ3) is 4.01. The highest BCUT2D eigenvalue weighted by Crippen LogP contribution is 2.35. The second kappa shape index (κ2) is 8.55. The fourth-order valence-corrected chi connectivity index (χ4v) is 5.54. The van der Waals surface area contributed by atoms with E-state index in [-0.39, 0.29) is 26.5 Å². The molecule has 3 aromatic carbocycles. The summed E-state index contributed by atoms with van der Waals surface area (Å²) in [6.45, 7) is 2.22. The molecule has 0 bridgehead atoms. The van der Waals surface area contributed by atoms with Crippen LogP contribution >= 0.6 is 0 Å². The molecule has 2 heterocycles. The summed E-state index contributed by atoms with van der Waals surface area (Å²) >= 11 is 0. The monoisotopic (exact) mass is 493 g/mol. The maximum absolute atomic E-state index is 13.1. The van der Waals surface area contributed by atoms with Gasteiger partial charge in [-0.05, 0) is 49.4 Å². The first-order valence-electron chi connectivity index (χ1n) is 10.7. The first-order valence-corrected chi connectivity index (χ1v) is 12.2. The summed E-state index contributed by atoms with van der Waals surface area (Å²) in [5.74, 6) is -0.886. The highest BCUT2D eigenvalue weighted by molar-refractivity contribution is 7.91. The van der Waals surface area contributed by atoms with Crippen LogP contribution in [-0.2, 0) is 19.4 Å². The number of fused-ring (bicyclic) bond motifs is 3. The van der Waals surface area contributed by atoms with E-state index in [0.29, 0.717) is 30.4 Å². The molecule has 0 aliphatic carbocycles. The molecule has 0 aromatic heterocycles. The summed E-state index contributed by atoms with van der Waals surface area (Å²) in [5, 5.41) is 2.64. The second-order valence-corrected chi connectivity index (χ2v) is 9.82. The van der Waals surface area contributed by atoms with Crippen LogP contribution in [0.2, 0.25) is 0 Å². The molecule has 178 valence electrons. The molecule has 0 fully saturated rings. The van der Waals surface area contributed by atoms with E-state index in [1.165, 1.54) is 37.3 Å². The number of amides is 1. The lowest BCUT2D eigenvalue weighted by atomic mass is 10.0. The van der Waals surface area contributed by atoms with Crippen molar-refractivity contribution in [3.63, 3.8) is 0 Å². The number of anilines is 1. The molecule has 0 saturated carbocycles. The van der Waals surface area contributed by atoms with Gasteiger partial charge >= 0.3 is 5.97 Å². The first kappa shape index (κ1) is 22.6. The predicted molar refractivity (Wildman–Crippen MR) is 123 cm³/mol. The molecular weight excluding hydrogens is 474 g/mol. The Labute approximate surface area is 200 Å². The summed E-state index contributed by atoms with van der Waals surface area (Å²) in [6.07, 6.45) is -1.19. The van der Waals surface area contributed by atoms with Gasteiger partial charge in [-0.2, -0.15) is 0 Å². The van der Waals surface area contributed by atoms with Crippen molar-refractivity contribution in [2.45, 2.75) is 22.8 Å². The second-order valence-electron chi connectivity index (χ2n) is 7.93. The van der Waals surface area contributed by atoms with Crippen molar-refractivity contribution in [1.82, 2.24) is 0 Å². The Morgan fingerprint density at radius 1 is 0.914 bits per heavy atom. The van der Waals surface area contributed by atoms with Crippen LogP contribution in [0, 0.1) is 0 Å². The summed E-state index contributed by atoms with van der Waals surface area (Å²) in [7, 11) is -4.01. The van der Waals surface area contributed by atoms with Gasteiger partial charge in [0, 0.05) is 22.9 Å². The maximum Gasteiger partial charge on any atom is 0.338 e. The average molecular weight is 493 g/mol. The summed E-state index contributed by atoms with van der Waals surface area (Å²) in [5.41, 5.74) is 0.391. The molecule has 35 heavy (non-hydrogen) atoms. The van der Waals surface area contributed by atoms with E-state index >= 15 is 0 Å². The van der Waals surface area contributed by atoms with Gasteiger partial charge in [-0.3, -0.25) is 9.59 Å². The number of hydrogen-bond acceptors (Lipinski definition) is 8. The minimum atomic E-state index is -4.01. The van der Waals surface area contributed by atoms with Crippen LogP contribution in [0.3, 0.4) is 0 Å². The van der Waals surface area contributed by atoms with Crippen molar-refractivity contribution in [2.24, 2.45) is 0 Å². The van der Waals surface area contributed by atoms with Crippen molar-refractivity contribution in [3.05, 3.63) is 77.4 Å². The van der Waals surface area contributed by atoms with Gasteiger partial charge in [0.2, 0.25) is 9.84 Å². The molecule has 0 unspecified atom stereocenters. The molecule has 2 aliphatic rings. The molecule has 9 nitrogen and oxygen atoms in total. The highest BCUT2D eigenvalue weighted by atomic mass is 32.2. The first-order chi connectivity index (χ1) is 16.8. The number of benzene rings is 3. The summed E-state index contributed by atoms with van der Waals surface area (Å²) in [4.78, 5) is 37.6. The quantitative estimate of drug-likeness (QED) is 0.430. The van der Waals surface area contributed by atoms with Gasteiger partial charge in [-0.1, -0.05) is 12.1 Å². The third-order valence-electron chi connectivity index (χ3n) is 5.64. The molecule has 1 atom stereocenters. The van der Waals surface area contributed by atoms with Crippen LogP contribution in [0.25, 0.3) is 0 Å². The van der Waals surface area contributed by atoms with Crippen LogP contribution < -0.4 is 14.8 Å². The van der Waals surface area contributed by atoms with Crippen molar-refractivity contribution >= 4 is 33.2 Å². The van der Waals surface area contributed by atoms with Gasteiger partial charge in [0.25, 0.3) is 5.91 Å². The molecule has 1 amide bonds. The van der Waals surface area contributed by atoms with Crippen LogP contribution in [0.5, 0.6) is 11.5 Å². The third-order valence-corrected chi connectivity index (χ3v) is 7.49. The summed E-state index contributed by atoms with van der Waals surface area (Å²) < 4.78 is 42.3. The molecule has 5 rings (SSSR count). The van der Waals surface area contributed by atoms with E-state index in [4.69, 9.17) is 14.2 Å². The van der Waals surface area contributed by atoms with Crippen molar-refractivity contribution in [3.8, 4) is 11.5 Å². The number of ether oxygens (including phenoxy) is 3. The zero-order valence-corrected chi connectivity index (χ0v) is 19.3. The predicted octanol–water partition coefficient (Wildman–Crippen LogP) is 3.02.